The minimum Gasteiger partial charge on any atom is -0.462 e. The van der Waals surface area contributed by atoms with Crippen LogP contribution in [-0.2, 0) is 57.2 Å². The van der Waals surface area contributed by atoms with Crippen LogP contribution in [0.3, 0.4) is 0 Å². The second-order valence-corrected chi connectivity index (χ2v) is 21.8. The number of carbonyl (C=O) groups excluding carboxylic acids is 7. The van der Waals surface area contributed by atoms with Gasteiger partial charge in [-0.15, -0.1) is 0 Å². The van der Waals surface area contributed by atoms with Crippen LogP contribution in [-0.4, -0.2) is 143 Å². The van der Waals surface area contributed by atoms with E-state index in [1.54, 1.807) is 0 Å². The van der Waals surface area contributed by atoms with Crippen LogP contribution in [0.25, 0.3) is 0 Å². The van der Waals surface area contributed by atoms with Crippen molar-refractivity contribution >= 4 is 41.5 Å². The zero-order valence-electron chi connectivity index (χ0n) is 49.2. The summed E-state index contributed by atoms with van der Waals surface area (Å²) >= 11 is 0. The van der Waals surface area contributed by atoms with Crippen molar-refractivity contribution < 1.29 is 77.7 Å². The summed E-state index contributed by atoms with van der Waals surface area (Å²) in [6, 6.07) is -4.54. The number of nitrogens with one attached hydrogen (secondary N) is 3. The Hall–Kier alpha value is -3.95. The molecule has 0 bridgehead atoms. The molecule has 1 saturated heterocycles. The molecule has 0 aromatic rings. The van der Waals surface area contributed by atoms with Crippen molar-refractivity contribution in [3.63, 3.8) is 0 Å². The lowest BCUT2D eigenvalue weighted by Crippen LogP contribution is -2.66. The average Bonchev–Trinajstić information content (AvgIpc) is 3.44. The molecule has 1 fully saturated rings. The quantitative estimate of drug-likeness (QED) is 0.0166. The Kier molecular flexibility index (Phi) is 43.1. The van der Waals surface area contributed by atoms with E-state index in [2.05, 4.69) is 29.8 Å². The molecule has 10 unspecified atom stereocenters. The Balaban J connectivity index is 2.73. The molecular weight excluding hydrogens is 1020 g/mol. The van der Waals surface area contributed by atoms with Gasteiger partial charge in [-0.1, -0.05) is 194 Å². The molecule has 0 saturated carbocycles. The zero-order chi connectivity index (χ0) is 58.6. The molecule has 0 aromatic heterocycles. The van der Waals surface area contributed by atoms with Gasteiger partial charge in [-0.3, -0.25) is 33.6 Å². The van der Waals surface area contributed by atoms with E-state index in [-0.39, 0.29) is 25.9 Å². The first-order valence-corrected chi connectivity index (χ1v) is 30.6. The first-order chi connectivity index (χ1) is 37.9. The highest BCUT2D eigenvalue weighted by Crippen LogP contribution is 2.24. The molecule has 1 aliphatic rings. The number of amides is 4. The Morgan fingerprint density at radius 2 is 0.975 bits per heavy atom. The maximum absolute atomic E-state index is 13.4. The van der Waals surface area contributed by atoms with Crippen LogP contribution in [0.2, 0.25) is 0 Å². The summed E-state index contributed by atoms with van der Waals surface area (Å²) < 4.78 is 27.4. The van der Waals surface area contributed by atoms with Gasteiger partial charge in [0, 0.05) is 26.2 Å². The summed E-state index contributed by atoms with van der Waals surface area (Å²) in [5.74, 6) is -5.54. The highest BCUT2D eigenvalue weighted by atomic mass is 16.6. The van der Waals surface area contributed by atoms with Gasteiger partial charge in [0.25, 0.3) is 0 Å². The zero-order valence-corrected chi connectivity index (χ0v) is 49.2. The van der Waals surface area contributed by atoms with Crippen molar-refractivity contribution in [1.29, 1.82) is 0 Å². The Bertz CT molecular complexity index is 1660. The molecule has 0 aromatic carbocycles. The van der Waals surface area contributed by atoms with Crippen LogP contribution >= 0.6 is 0 Å². The lowest BCUT2D eigenvalue weighted by Gasteiger charge is -2.43. The van der Waals surface area contributed by atoms with Crippen molar-refractivity contribution in [2.45, 2.75) is 314 Å². The number of ether oxygens (including phenoxy) is 5. The smallest absolute Gasteiger partial charge is 0.306 e. The minimum absolute atomic E-state index is 0.142. The van der Waals surface area contributed by atoms with Gasteiger partial charge < -0.3 is 65.8 Å². The van der Waals surface area contributed by atoms with Crippen LogP contribution in [0.1, 0.15) is 253 Å². The van der Waals surface area contributed by atoms with Crippen molar-refractivity contribution in [1.82, 2.24) is 16.0 Å². The van der Waals surface area contributed by atoms with Crippen LogP contribution < -0.4 is 21.7 Å². The molecule has 1 rings (SSSR count). The van der Waals surface area contributed by atoms with Gasteiger partial charge in [0.1, 0.15) is 55.8 Å². The second-order valence-electron chi connectivity index (χ2n) is 21.8. The molecule has 1 heterocycles. The third kappa shape index (κ3) is 36.2. The van der Waals surface area contributed by atoms with Crippen molar-refractivity contribution in [3.05, 3.63) is 0 Å². The molecule has 9 N–H and O–H groups in total. The van der Waals surface area contributed by atoms with Gasteiger partial charge in [-0.05, 0) is 33.1 Å². The molecule has 0 radical (unpaired) electrons. The third-order valence-corrected chi connectivity index (χ3v) is 14.5. The number of carbonyl (C=O) groups is 7. The number of unbranched alkanes of at least 4 members (excludes halogenated alkanes) is 28. The van der Waals surface area contributed by atoms with Gasteiger partial charge in [-0.2, -0.15) is 0 Å². The molecule has 10 atom stereocenters. The summed E-state index contributed by atoms with van der Waals surface area (Å²) in [6.07, 6.45) is 24.9. The highest BCUT2D eigenvalue weighted by Gasteiger charge is 2.47. The van der Waals surface area contributed by atoms with Gasteiger partial charge in [0.05, 0.1) is 12.7 Å². The van der Waals surface area contributed by atoms with Crippen molar-refractivity contribution in [2.75, 3.05) is 19.8 Å². The Morgan fingerprint density at radius 3 is 1.37 bits per heavy atom. The number of primary amides is 1. The minimum atomic E-state index is -1.73. The van der Waals surface area contributed by atoms with Gasteiger partial charge in [-0.25, -0.2) is 0 Å². The third-order valence-electron chi connectivity index (χ3n) is 14.5. The molecule has 20 heteroatoms. The molecule has 79 heavy (non-hydrogen) atoms. The van der Waals surface area contributed by atoms with E-state index in [4.69, 9.17) is 29.4 Å². The molecular formula is C59H108N4O16. The second kappa shape index (κ2) is 46.6. The lowest BCUT2D eigenvalue weighted by atomic mass is 9.96. The summed E-state index contributed by atoms with van der Waals surface area (Å²) in [4.78, 5) is 89.8. The number of nitrogens with two attached hydrogens (primary N) is 1. The normalized spacial score (nSPS) is 19.1. The largest absolute Gasteiger partial charge is 0.462 e. The SMILES string of the molecule is CCCCCCCCCCCCCCCCCC(=O)OCC(COC(=O)CCC(NC(=O)C(NC(=O)C(C)OC1C(O)C(CO)OC(O)C1NC(C)=O)C(C)O)C(N)=O)OC(=O)CCCCCCCCCCCCCCCCC. The topological polar surface area (TPSA) is 309 Å². The van der Waals surface area contributed by atoms with E-state index in [1.165, 1.54) is 149 Å². The number of hydrogen-bond donors (Lipinski definition) is 8. The predicted molar refractivity (Wildman–Crippen MR) is 301 cm³/mol. The van der Waals surface area contributed by atoms with Gasteiger partial charge in [0.15, 0.2) is 12.4 Å². The number of rotatable bonds is 50. The first kappa shape index (κ1) is 73.1. The number of esters is 3. The molecule has 1 aliphatic heterocycles. The maximum Gasteiger partial charge on any atom is 0.306 e. The lowest BCUT2D eigenvalue weighted by molar-refractivity contribution is -0.266. The van der Waals surface area contributed by atoms with E-state index >= 15 is 0 Å². The summed E-state index contributed by atoms with van der Waals surface area (Å²) in [6.45, 7) is 6.52. The van der Waals surface area contributed by atoms with Gasteiger partial charge in [0.2, 0.25) is 23.6 Å². The number of aliphatic hydroxyl groups excluding tert-OH is 4. The van der Waals surface area contributed by atoms with Crippen LogP contribution in [0, 0.1) is 0 Å². The monoisotopic (exact) mass is 1130 g/mol. The number of hydrogen-bond acceptors (Lipinski definition) is 16. The van der Waals surface area contributed by atoms with Gasteiger partial charge >= 0.3 is 17.9 Å². The average molecular weight is 1130 g/mol. The molecule has 4 amide bonds. The van der Waals surface area contributed by atoms with Crippen LogP contribution in [0.5, 0.6) is 0 Å². The predicted octanol–water partition coefficient (Wildman–Crippen LogP) is 7.47. The van der Waals surface area contributed by atoms with E-state index in [0.717, 1.165) is 51.9 Å². The maximum atomic E-state index is 13.4. The fraction of sp³-hybridized carbons (Fsp3) is 0.881. The molecule has 460 valence electrons. The summed E-state index contributed by atoms with van der Waals surface area (Å²) in [7, 11) is 0. The van der Waals surface area contributed by atoms with E-state index in [9.17, 15) is 54.0 Å². The van der Waals surface area contributed by atoms with Crippen molar-refractivity contribution in [3.8, 4) is 0 Å². The summed E-state index contributed by atoms with van der Waals surface area (Å²) in [5.41, 5.74) is 5.57. The summed E-state index contributed by atoms with van der Waals surface area (Å²) in [5, 5.41) is 48.3. The highest BCUT2D eigenvalue weighted by molar-refractivity contribution is 5.93. The first-order valence-electron chi connectivity index (χ1n) is 30.6. The number of aliphatic hydroxyl groups is 4. The van der Waals surface area contributed by atoms with Crippen LogP contribution in [0.15, 0.2) is 0 Å². The fourth-order valence-corrected chi connectivity index (χ4v) is 9.58. The molecule has 20 nitrogen and oxygen atoms in total. The van der Waals surface area contributed by atoms with Crippen LogP contribution in [0.4, 0.5) is 0 Å². The van der Waals surface area contributed by atoms with E-state index in [0.29, 0.717) is 12.8 Å². The van der Waals surface area contributed by atoms with E-state index in [1.807, 2.05) is 0 Å². The fourth-order valence-electron chi connectivity index (χ4n) is 9.58. The standard InChI is InChI=1S/C59H108N4O16/c1-6-8-10-12-14-16-18-20-22-24-26-28-30-32-34-36-49(67)75-41-46(78-51(69)37-35-33-31-29-27-25-23-21-19-17-15-13-11-9-7-2)42-76-50(68)39-38-47(56(60)71)62-58(73)52(43(3)65)63-57(72)44(4)77-55-53(61-45(5)66)59(74)79-48(40-64)54(55)70/h43-44,46-48,52-55,59,64-65,70,74H,6-42H2,1-5H3,(H2,60,71)(H,61,66)(H,62,73)(H,63,72). The van der Waals surface area contributed by atoms with Crippen molar-refractivity contribution in [2.24, 2.45) is 5.73 Å². The molecule has 0 spiro atoms. The van der Waals surface area contributed by atoms with E-state index < -0.39 is 122 Å². The Morgan fingerprint density at radius 1 is 0.570 bits per heavy atom. The Labute approximate surface area is 473 Å². The molecule has 0 aliphatic carbocycles.